The van der Waals surface area contributed by atoms with Gasteiger partial charge in [-0.25, -0.2) is 0 Å². The first-order valence-electron chi connectivity index (χ1n) is 6.52. The molecule has 0 aromatic heterocycles. The zero-order valence-electron chi connectivity index (χ0n) is 11.2. The molecule has 94 valence electrons. The molecule has 1 saturated carbocycles. The Balaban J connectivity index is 1.98. The number of likely N-dealkylation sites (N-methyl/N-ethyl adjacent to an activating group) is 1. The summed E-state index contributed by atoms with van der Waals surface area (Å²) >= 11 is 0. The van der Waals surface area contributed by atoms with Gasteiger partial charge in [0.1, 0.15) is 0 Å². The number of nitrogens with zero attached hydrogens (tertiary/aromatic N) is 1. The van der Waals surface area contributed by atoms with Crippen LogP contribution >= 0.6 is 0 Å². The molecule has 2 nitrogen and oxygen atoms in total. The summed E-state index contributed by atoms with van der Waals surface area (Å²) in [6, 6.07) is 8.30. The number of benzene rings is 1. The molecule has 2 rings (SSSR count). The van der Waals surface area contributed by atoms with E-state index in [9.17, 15) is 0 Å². The molecular formula is C15H24N2. The van der Waals surface area contributed by atoms with Gasteiger partial charge < -0.3 is 10.6 Å². The quantitative estimate of drug-likeness (QED) is 0.791. The molecule has 0 radical (unpaired) electrons. The molecule has 2 heteroatoms. The topological polar surface area (TPSA) is 29.3 Å². The molecule has 2 N–H and O–H groups in total. The van der Waals surface area contributed by atoms with E-state index in [0.717, 1.165) is 18.2 Å². The van der Waals surface area contributed by atoms with Gasteiger partial charge in [-0.05, 0) is 43.5 Å². The lowest BCUT2D eigenvalue weighted by Crippen LogP contribution is -2.35. The molecule has 0 spiro atoms. The number of hydrogen-bond donors (Lipinski definition) is 1. The molecule has 17 heavy (non-hydrogen) atoms. The molecule has 1 aliphatic carbocycles. The minimum atomic E-state index is 0.192. The average molecular weight is 232 g/mol. The number of anilines is 1. The van der Waals surface area contributed by atoms with Crippen molar-refractivity contribution in [2.45, 2.75) is 32.1 Å². The molecule has 0 atom stereocenters. The summed E-state index contributed by atoms with van der Waals surface area (Å²) in [5, 5.41) is 0. The van der Waals surface area contributed by atoms with Crippen LogP contribution in [0.15, 0.2) is 24.3 Å². The fourth-order valence-corrected chi connectivity index (χ4v) is 2.51. The highest BCUT2D eigenvalue weighted by molar-refractivity contribution is 5.41. The first-order valence-corrected chi connectivity index (χ1v) is 6.52. The Morgan fingerprint density at radius 2 is 1.82 bits per heavy atom. The second-order valence-electron chi connectivity index (χ2n) is 6.15. The Kier molecular flexibility index (Phi) is 3.43. The number of nitrogen functional groups attached to an aromatic ring is 1. The van der Waals surface area contributed by atoms with Crippen LogP contribution in [0, 0.1) is 5.92 Å². The monoisotopic (exact) mass is 232 g/mol. The number of hydrogen-bond acceptors (Lipinski definition) is 2. The van der Waals surface area contributed by atoms with Crippen molar-refractivity contribution in [2.75, 3.05) is 25.9 Å². The minimum absolute atomic E-state index is 0.192. The Morgan fingerprint density at radius 1 is 1.24 bits per heavy atom. The molecule has 0 unspecified atom stereocenters. The van der Waals surface area contributed by atoms with Crippen LogP contribution in [0.2, 0.25) is 0 Å². The third-order valence-electron chi connectivity index (χ3n) is 3.62. The predicted octanol–water partition coefficient (Wildman–Crippen LogP) is 2.89. The van der Waals surface area contributed by atoms with Crippen LogP contribution in [0.4, 0.5) is 5.69 Å². The van der Waals surface area contributed by atoms with Crippen molar-refractivity contribution in [1.82, 2.24) is 4.90 Å². The van der Waals surface area contributed by atoms with Gasteiger partial charge in [-0.15, -0.1) is 0 Å². The van der Waals surface area contributed by atoms with Gasteiger partial charge in [0.05, 0.1) is 0 Å². The van der Waals surface area contributed by atoms with Crippen molar-refractivity contribution in [1.29, 1.82) is 0 Å². The van der Waals surface area contributed by atoms with Gasteiger partial charge in [-0.2, -0.15) is 0 Å². The van der Waals surface area contributed by atoms with Crippen LogP contribution in [0.1, 0.15) is 32.3 Å². The highest BCUT2D eigenvalue weighted by Crippen LogP contribution is 2.31. The van der Waals surface area contributed by atoms with E-state index < -0.39 is 0 Å². The first-order chi connectivity index (χ1) is 7.97. The summed E-state index contributed by atoms with van der Waals surface area (Å²) in [6.07, 6.45) is 2.85. The molecule has 1 aromatic carbocycles. The van der Waals surface area contributed by atoms with Gasteiger partial charge in [0, 0.05) is 24.2 Å². The largest absolute Gasteiger partial charge is 0.399 e. The van der Waals surface area contributed by atoms with Crippen LogP contribution in [0.5, 0.6) is 0 Å². The first kappa shape index (κ1) is 12.4. The van der Waals surface area contributed by atoms with Crippen molar-refractivity contribution in [3.63, 3.8) is 0 Å². The zero-order chi connectivity index (χ0) is 12.5. The van der Waals surface area contributed by atoms with Crippen LogP contribution in [0.3, 0.4) is 0 Å². The summed E-state index contributed by atoms with van der Waals surface area (Å²) in [5.74, 6) is 0.960. The van der Waals surface area contributed by atoms with Crippen molar-refractivity contribution < 1.29 is 0 Å². The molecule has 1 fully saturated rings. The molecule has 1 aromatic rings. The summed E-state index contributed by atoms with van der Waals surface area (Å²) in [6.45, 7) is 6.97. The second-order valence-corrected chi connectivity index (χ2v) is 6.15. The van der Waals surface area contributed by atoms with Gasteiger partial charge in [0.2, 0.25) is 0 Å². The van der Waals surface area contributed by atoms with Crippen LogP contribution in [-0.2, 0) is 5.41 Å². The van der Waals surface area contributed by atoms with Gasteiger partial charge in [-0.1, -0.05) is 26.0 Å². The molecule has 1 aliphatic rings. The third kappa shape index (κ3) is 3.47. The van der Waals surface area contributed by atoms with E-state index >= 15 is 0 Å². The number of rotatable bonds is 5. The standard InChI is InChI=1S/C15H24N2/c1-15(2,11-17(3)10-12-4-5-12)13-6-8-14(16)9-7-13/h6-9,12H,4-5,10-11,16H2,1-3H3. The maximum absolute atomic E-state index is 5.73. The van der Waals surface area contributed by atoms with E-state index in [1.807, 2.05) is 12.1 Å². The van der Waals surface area contributed by atoms with Gasteiger partial charge in [0.25, 0.3) is 0 Å². The lowest BCUT2D eigenvalue weighted by molar-refractivity contribution is 0.259. The van der Waals surface area contributed by atoms with Gasteiger partial charge in [0.15, 0.2) is 0 Å². The Morgan fingerprint density at radius 3 is 2.35 bits per heavy atom. The predicted molar refractivity (Wildman–Crippen MR) is 74.1 cm³/mol. The molecule has 0 bridgehead atoms. The Bertz CT molecular complexity index is 363. The summed E-state index contributed by atoms with van der Waals surface area (Å²) in [4.78, 5) is 2.47. The number of nitrogens with two attached hydrogens (primary N) is 1. The molecule has 0 aliphatic heterocycles. The highest BCUT2D eigenvalue weighted by atomic mass is 15.1. The van der Waals surface area contributed by atoms with E-state index in [1.165, 1.54) is 24.9 Å². The normalized spacial score (nSPS) is 16.5. The fraction of sp³-hybridized carbons (Fsp3) is 0.600. The SMILES string of the molecule is CN(CC1CC1)CC(C)(C)c1ccc(N)cc1. The van der Waals surface area contributed by atoms with E-state index in [1.54, 1.807) is 0 Å². The van der Waals surface area contributed by atoms with E-state index in [4.69, 9.17) is 5.73 Å². The average Bonchev–Trinajstić information content (AvgIpc) is 3.01. The summed E-state index contributed by atoms with van der Waals surface area (Å²) < 4.78 is 0. The van der Waals surface area contributed by atoms with Crippen LogP contribution in [-0.4, -0.2) is 25.0 Å². The zero-order valence-corrected chi connectivity index (χ0v) is 11.2. The highest BCUT2D eigenvalue weighted by Gasteiger charge is 2.27. The molecule has 0 saturated heterocycles. The second kappa shape index (κ2) is 4.69. The fourth-order valence-electron chi connectivity index (χ4n) is 2.51. The smallest absolute Gasteiger partial charge is 0.0314 e. The third-order valence-corrected chi connectivity index (χ3v) is 3.62. The molecular weight excluding hydrogens is 208 g/mol. The lowest BCUT2D eigenvalue weighted by Gasteiger charge is -2.31. The summed E-state index contributed by atoms with van der Waals surface area (Å²) in [7, 11) is 2.23. The maximum Gasteiger partial charge on any atom is 0.0314 e. The van der Waals surface area contributed by atoms with Crippen molar-refractivity contribution in [3.05, 3.63) is 29.8 Å². The van der Waals surface area contributed by atoms with Crippen LogP contribution in [0.25, 0.3) is 0 Å². The van der Waals surface area contributed by atoms with E-state index in [2.05, 4.69) is 37.9 Å². The minimum Gasteiger partial charge on any atom is -0.399 e. The summed E-state index contributed by atoms with van der Waals surface area (Å²) in [5.41, 5.74) is 8.14. The van der Waals surface area contributed by atoms with Crippen LogP contribution < -0.4 is 5.73 Å². The van der Waals surface area contributed by atoms with Gasteiger partial charge >= 0.3 is 0 Å². The van der Waals surface area contributed by atoms with Crippen molar-refractivity contribution >= 4 is 5.69 Å². The Labute approximate surface area is 105 Å². The Hall–Kier alpha value is -1.02. The molecule has 0 heterocycles. The lowest BCUT2D eigenvalue weighted by atomic mass is 9.84. The van der Waals surface area contributed by atoms with Crippen molar-refractivity contribution in [3.8, 4) is 0 Å². The maximum atomic E-state index is 5.73. The van der Waals surface area contributed by atoms with E-state index in [0.29, 0.717) is 0 Å². The van der Waals surface area contributed by atoms with E-state index in [-0.39, 0.29) is 5.41 Å². The van der Waals surface area contributed by atoms with Gasteiger partial charge in [-0.3, -0.25) is 0 Å². The molecule has 0 amide bonds. The van der Waals surface area contributed by atoms with Crippen molar-refractivity contribution in [2.24, 2.45) is 5.92 Å².